The summed E-state index contributed by atoms with van der Waals surface area (Å²) < 4.78 is 0. The van der Waals surface area contributed by atoms with E-state index in [0.29, 0.717) is 0 Å². The van der Waals surface area contributed by atoms with Crippen molar-refractivity contribution in [2.75, 3.05) is 0 Å². The van der Waals surface area contributed by atoms with Crippen molar-refractivity contribution in [3.8, 4) is 22.5 Å². The first kappa shape index (κ1) is 19.7. The van der Waals surface area contributed by atoms with Crippen molar-refractivity contribution in [3.05, 3.63) is 108 Å². The highest BCUT2D eigenvalue weighted by atomic mass is 35.5. The Morgan fingerprint density at radius 2 is 1.26 bits per heavy atom. The lowest BCUT2D eigenvalue weighted by molar-refractivity contribution is 1.18. The summed E-state index contributed by atoms with van der Waals surface area (Å²) in [5.41, 5.74) is 6.45. The number of hydrogen-bond acceptors (Lipinski definition) is 4. The molecular weight excluding hydrogens is 422 g/mol. The number of pyridine rings is 1. The molecule has 2 heterocycles. The number of nitrogens with zero attached hydrogens (tertiary/aromatic N) is 3. The molecule has 0 atom stereocenters. The number of rotatable bonds is 5. The van der Waals surface area contributed by atoms with E-state index in [9.17, 15) is 0 Å². The Labute approximate surface area is 190 Å². The van der Waals surface area contributed by atoms with Crippen LogP contribution >= 0.6 is 23.4 Å². The van der Waals surface area contributed by atoms with E-state index in [0.717, 1.165) is 44.2 Å². The van der Waals surface area contributed by atoms with Gasteiger partial charge in [-0.25, -0.2) is 15.0 Å². The van der Waals surface area contributed by atoms with Crippen LogP contribution in [0.25, 0.3) is 33.5 Å². The second kappa shape index (κ2) is 8.88. The number of halogens is 1. The van der Waals surface area contributed by atoms with Gasteiger partial charge in [-0.15, -0.1) is 11.8 Å². The van der Waals surface area contributed by atoms with E-state index in [-0.39, 0.29) is 5.28 Å². The standard InChI is InChI=1S/C26H18ClN3S/c27-26-29-23(20-14-8-3-9-15-20)25-24(30-26)22(31-17-18-10-4-1-5-11-18)16-21(28-25)19-12-6-2-7-13-19/h1-16H,17H2. The first-order valence-corrected chi connectivity index (χ1v) is 11.3. The molecule has 0 fully saturated rings. The fraction of sp³-hybridized carbons (Fsp3) is 0.0385. The Bertz CT molecular complexity index is 1330. The summed E-state index contributed by atoms with van der Waals surface area (Å²) in [5, 5.41) is 0.224. The molecule has 0 radical (unpaired) electrons. The van der Waals surface area contributed by atoms with E-state index in [4.69, 9.17) is 16.6 Å². The molecule has 0 spiro atoms. The van der Waals surface area contributed by atoms with Crippen LogP contribution in [0.2, 0.25) is 5.28 Å². The van der Waals surface area contributed by atoms with Crippen molar-refractivity contribution >= 4 is 34.4 Å². The fourth-order valence-corrected chi connectivity index (χ4v) is 4.61. The summed E-state index contributed by atoms with van der Waals surface area (Å²) in [6.07, 6.45) is 0. The zero-order valence-corrected chi connectivity index (χ0v) is 18.1. The first-order valence-electron chi connectivity index (χ1n) is 9.94. The molecule has 0 saturated heterocycles. The highest BCUT2D eigenvalue weighted by molar-refractivity contribution is 7.98. The van der Waals surface area contributed by atoms with Crippen LogP contribution in [0, 0.1) is 0 Å². The van der Waals surface area contributed by atoms with Crippen LogP contribution in [0.5, 0.6) is 0 Å². The van der Waals surface area contributed by atoms with E-state index >= 15 is 0 Å². The third-order valence-corrected chi connectivity index (χ3v) is 6.21. The molecular formula is C26H18ClN3S. The molecule has 5 heteroatoms. The molecule has 0 aliphatic rings. The summed E-state index contributed by atoms with van der Waals surface area (Å²) in [7, 11) is 0. The first-order chi connectivity index (χ1) is 15.3. The largest absolute Gasteiger partial charge is 0.244 e. The van der Waals surface area contributed by atoms with Crippen LogP contribution in [0.3, 0.4) is 0 Å². The molecule has 31 heavy (non-hydrogen) atoms. The summed E-state index contributed by atoms with van der Waals surface area (Å²) in [6, 6.07) is 32.7. The van der Waals surface area contributed by atoms with Gasteiger partial charge in [-0.05, 0) is 23.2 Å². The third-order valence-electron chi connectivity index (χ3n) is 4.94. The Morgan fingerprint density at radius 1 is 0.645 bits per heavy atom. The Hall–Kier alpha value is -3.21. The molecule has 0 bridgehead atoms. The van der Waals surface area contributed by atoms with Crippen LogP contribution < -0.4 is 0 Å². The molecule has 5 rings (SSSR count). The average Bonchev–Trinajstić information content (AvgIpc) is 2.84. The van der Waals surface area contributed by atoms with Gasteiger partial charge in [0, 0.05) is 21.8 Å². The van der Waals surface area contributed by atoms with Gasteiger partial charge < -0.3 is 0 Å². The van der Waals surface area contributed by atoms with Gasteiger partial charge in [0.05, 0.1) is 5.69 Å². The summed E-state index contributed by atoms with van der Waals surface area (Å²) in [5.74, 6) is 0.830. The SMILES string of the molecule is Clc1nc(-c2ccccc2)c2nc(-c3ccccc3)cc(SCc3ccccc3)c2n1. The molecule has 5 aromatic rings. The molecule has 0 amide bonds. The fourth-order valence-electron chi connectivity index (χ4n) is 3.45. The van der Waals surface area contributed by atoms with Gasteiger partial charge in [0.15, 0.2) is 0 Å². The number of thioether (sulfide) groups is 1. The predicted molar refractivity (Wildman–Crippen MR) is 129 cm³/mol. The second-order valence-corrected chi connectivity index (χ2v) is 8.41. The summed E-state index contributed by atoms with van der Waals surface area (Å²) >= 11 is 8.10. The predicted octanol–water partition coefficient (Wildman–Crippen LogP) is 7.30. The molecule has 0 N–H and O–H groups in total. The minimum atomic E-state index is 0.224. The van der Waals surface area contributed by atoms with Crippen molar-refractivity contribution in [1.82, 2.24) is 15.0 Å². The van der Waals surface area contributed by atoms with Gasteiger partial charge in [0.2, 0.25) is 5.28 Å². The van der Waals surface area contributed by atoms with Gasteiger partial charge >= 0.3 is 0 Å². The lowest BCUT2D eigenvalue weighted by Gasteiger charge is -2.12. The van der Waals surface area contributed by atoms with Crippen LogP contribution in [-0.2, 0) is 5.75 Å². The van der Waals surface area contributed by atoms with Crippen molar-refractivity contribution in [1.29, 1.82) is 0 Å². The highest BCUT2D eigenvalue weighted by Gasteiger charge is 2.16. The van der Waals surface area contributed by atoms with E-state index < -0.39 is 0 Å². The van der Waals surface area contributed by atoms with Gasteiger partial charge in [-0.2, -0.15) is 0 Å². The van der Waals surface area contributed by atoms with Crippen molar-refractivity contribution in [2.24, 2.45) is 0 Å². The van der Waals surface area contributed by atoms with E-state index in [1.54, 1.807) is 11.8 Å². The number of fused-ring (bicyclic) bond motifs is 1. The van der Waals surface area contributed by atoms with Crippen LogP contribution in [-0.4, -0.2) is 15.0 Å². The molecule has 0 unspecified atom stereocenters. The van der Waals surface area contributed by atoms with Gasteiger partial charge in [-0.1, -0.05) is 91.0 Å². The quantitative estimate of drug-likeness (QED) is 0.212. The molecule has 0 aliphatic carbocycles. The lowest BCUT2D eigenvalue weighted by atomic mass is 10.1. The van der Waals surface area contributed by atoms with Crippen LogP contribution in [0.1, 0.15) is 5.56 Å². The Morgan fingerprint density at radius 3 is 1.94 bits per heavy atom. The molecule has 0 saturated carbocycles. The molecule has 3 aromatic carbocycles. The van der Waals surface area contributed by atoms with Gasteiger partial charge in [-0.3, -0.25) is 0 Å². The van der Waals surface area contributed by atoms with Crippen molar-refractivity contribution in [3.63, 3.8) is 0 Å². The van der Waals surface area contributed by atoms with E-state index in [2.05, 4.69) is 52.4 Å². The van der Waals surface area contributed by atoms with Gasteiger partial charge in [0.1, 0.15) is 16.7 Å². The van der Waals surface area contributed by atoms with Gasteiger partial charge in [0.25, 0.3) is 0 Å². The zero-order valence-electron chi connectivity index (χ0n) is 16.6. The summed E-state index contributed by atoms with van der Waals surface area (Å²) in [6.45, 7) is 0. The molecule has 2 aromatic heterocycles. The maximum Gasteiger partial charge on any atom is 0.223 e. The highest BCUT2D eigenvalue weighted by Crippen LogP contribution is 2.36. The second-order valence-electron chi connectivity index (χ2n) is 7.05. The van der Waals surface area contributed by atoms with Crippen molar-refractivity contribution < 1.29 is 0 Å². The zero-order chi connectivity index (χ0) is 21.0. The van der Waals surface area contributed by atoms with Crippen LogP contribution in [0.4, 0.5) is 0 Å². The third kappa shape index (κ3) is 4.31. The Kier molecular flexibility index (Phi) is 5.65. The van der Waals surface area contributed by atoms with E-state index in [1.807, 2.05) is 54.6 Å². The monoisotopic (exact) mass is 439 g/mol. The average molecular weight is 440 g/mol. The van der Waals surface area contributed by atoms with Crippen LogP contribution in [0.15, 0.2) is 102 Å². The Balaban J connectivity index is 1.71. The topological polar surface area (TPSA) is 38.7 Å². The maximum absolute atomic E-state index is 6.36. The molecule has 0 aliphatic heterocycles. The van der Waals surface area contributed by atoms with Crippen molar-refractivity contribution in [2.45, 2.75) is 10.6 Å². The number of aromatic nitrogens is 3. The minimum absolute atomic E-state index is 0.224. The number of benzene rings is 3. The number of hydrogen-bond donors (Lipinski definition) is 0. The normalized spacial score (nSPS) is 11.0. The van der Waals surface area contributed by atoms with E-state index in [1.165, 1.54) is 5.56 Å². The maximum atomic E-state index is 6.36. The summed E-state index contributed by atoms with van der Waals surface area (Å²) in [4.78, 5) is 15.1. The molecule has 3 nitrogen and oxygen atoms in total. The lowest BCUT2D eigenvalue weighted by Crippen LogP contribution is -1.97. The molecule has 150 valence electrons. The minimum Gasteiger partial charge on any atom is -0.244 e. The smallest absolute Gasteiger partial charge is 0.223 e.